The third-order valence-corrected chi connectivity index (χ3v) is 4.77. The van der Waals surface area contributed by atoms with Gasteiger partial charge in [-0.15, -0.1) is 11.3 Å². The Kier molecular flexibility index (Phi) is 3.46. The fraction of sp³-hybridized carbons (Fsp3) is 0.143. The first-order valence-electron chi connectivity index (χ1n) is 6.09. The lowest BCUT2D eigenvalue weighted by molar-refractivity contribution is 0.0954. The topological polar surface area (TPSA) is 46.9 Å². The van der Waals surface area contributed by atoms with E-state index in [1.54, 1.807) is 10.9 Å². The summed E-state index contributed by atoms with van der Waals surface area (Å²) in [5, 5.41) is 8.37. The highest BCUT2D eigenvalue weighted by molar-refractivity contribution is 7.21. The van der Waals surface area contributed by atoms with Crippen molar-refractivity contribution in [1.29, 1.82) is 0 Å². The van der Waals surface area contributed by atoms with Gasteiger partial charge in [-0.3, -0.25) is 9.48 Å². The Morgan fingerprint density at radius 1 is 1.40 bits per heavy atom. The highest BCUT2D eigenvalue weighted by Crippen LogP contribution is 2.34. The molecule has 0 radical (unpaired) electrons. The number of thiophene rings is 1. The molecule has 0 aliphatic heterocycles. The standard InChI is InChI=1S/C14H12ClN3OS/c1-18-9(6-7-17-18)8-16-14(19)13-12(15)10-4-2-3-5-11(10)20-13/h2-7H,8H2,1H3,(H,16,19). The minimum atomic E-state index is -0.155. The number of benzene rings is 1. The van der Waals surface area contributed by atoms with E-state index in [1.165, 1.54) is 11.3 Å². The number of aryl methyl sites for hydroxylation is 1. The molecule has 1 N–H and O–H groups in total. The third-order valence-electron chi connectivity index (χ3n) is 3.09. The van der Waals surface area contributed by atoms with Gasteiger partial charge in [-0.2, -0.15) is 5.10 Å². The first-order valence-corrected chi connectivity index (χ1v) is 7.28. The molecular weight excluding hydrogens is 294 g/mol. The van der Waals surface area contributed by atoms with E-state index in [-0.39, 0.29) is 5.91 Å². The molecule has 102 valence electrons. The van der Waals surface area contributed by atoms with E-state index in [4.69, 9.17) is 11.6 Å². The third kappa shape index (κ3) is 2.30. The van der Waals surface area contributed by atoms with E-state index < -0.39 is 0 Å². The van der Waals surface area contributed by atoms with Crippen molar-refractivity contribution in [3.05, 3.63) is 52.1 Å². The van der Waals surface area contributed by atoms with E-state index in [2.05, 4.69) is 10.4 Å². The quantitative estimate of drug-likeness (QED) is 0.807. The van der Waals surface area contributed by atoms with Crippen molar-refractivity contribution in [2.75, 3.05) is 0 Å². The first kappa shape index (κ1) is 13.1. The van der Waals surface area contributed by atoms with Gasteiger partial charge in [0.05, 0.1) is 17.3 Å². The smallest absolute Gasteiger partial charge is 0.263 e. The molecule has 4 nitrogen and oxygen atoms in total. The molecule has 1 aromatic carbocycles. The predicted octanol–water partition coefficient (Wildman–Crippen LogP) is 3.22. The number of carbonyl (C=O) groups is 1. The predicted molar refractivity (Wildman–Crippen MR) is 81.2 cm³/mol. The van der Waals surface area contributed by atoms with Crippen LogP contribution in [0.1, 0.15) is 15.4 Å². The average Bonchev–Trinajstić information content (AvgIpc) is 3.01. The van der Waals surface area contributed by atoms with Gasteiger partial charge in [0.1, 0.15) is 4.88 Å². The van der Waals surface area contributed by atoms with Crippen LogP contribution >= 0.6 is 22.9 Å². The van der Waals surface area contributed by atoms with E-state index in [1.807, 2.05) is 37.4 Å². The highest BCUT2D eigenvalue weighted by atomic mass is 35.5. The van der Waals surface area contributed by atoms with Gasteiger partial charge in [-0.05, 0) is 12.1 Å². The van der Waals surface area contributed by atoms with Gasteiger partial charge in [-0.1, -0.05) is 29.8 Å². The Morgan fingerprint density at radius 3 is 2.90 bits per heavy atom. The largest absolute Gasteiger partial charge is 0.346 e. The number of carbonyl (C=O) groups excluding carboxylic acids is 1. The molecular formula is C14H12ClN3OS. The Labute approximate surface area is 125 Å². The van der Waals surface area contributed by atoms with Gasteiger partial charge in [0.2, 0.25) is 0 Å². The van der Waals surface area contributed by atoms with Crippen molar-refractivity contribution in [2.24, 2.45) is 7.05 Å². The van der Waals surface area contributed by atoms with Gasteiger partial charge < -0.3 is 5.32 Å². The second-order valence-electron chi connectivity index (χ2n) is 4.37. The van der Waals surface area contributed by atoms with Crippen LogP contribution in [0.25, 0.3) is 10.1 Å². The van der Waals surface area contributed by atoms with Gasteiger partial charge in [0, 0.05) is 23.3 Å². The molecule has 3 rings (SSSR count). The minimum absolute atomic E-state index is 0.155. The van der Waals surface area contributed by atoms with Gasteiger partial charge >= 0.3 is 0 Å². The SMILES string of the molecule is Cn1nccc1CNC(=O)c1sc2ccccc2c1Cl. The normalized spacial score (nSPS) is 10.9. The maximum absolute atomic E-state index is 12.2. The summed E-state index contributed by atoms with van der Waals surface area (Å²) in [4.78, 5) is 12.8. The number of nitrogens with zero attached hydrogens (tertiary/aromatic N) is 2. The summed E-state index contributed by atoms with van der Waals surface area (Å²) in [7, 11) is 1.84. The summed E-state index contributed by atoms with van der Waals surface area (Å²) in [6, 6.07) is 9.60. The lowest BCUT2D eigenvalue weighted by Crippen LogP contribution is -2.23. The summed E-state index contributed by atoms with van der Waals surface area (Å²) in [6.45, 7) is 0.430. The van der Waals surface area contributed by atoms with Crippen LogP contribution in [-0.4, -0.2) is 15.7 Å². The molecule has 0 aliphatic carbocycles. The number of hydrogen-bond donors (Lipinski definition) is 1. The van der Waals surface area contributed by atoms with Crippen molar-refractivity contribution < 1.29 is 4.79 Å². The number of halogens is 1. The number of rotatable bonds is 3. The molecule has 2 heterocycles. The number of hydrogen-bond acceptors (Lipinski definition) is 3. The molecule has 0 spiro atoms. The summed E-state index contributed by atoms with van der Waals surface area (Å²) in [6.07, 6.45) is 1.70. The summed E-state index contributed by atoms with van der Waals surface area (Å²) in [5.41, 5.74) is 0.940. The van der Waals surface area contributed by atoms with E-state index in [0.717, 1.165) is 15.8 Å². The van der Waals surface area contributed by atoms with E-state index in [9.17, 15) is 4.79 Å². The number of fused-ring (bicyclic) bond motifs is 1. The van der Waals surface area contributed by atoms with E-state index in [0.29, 0.717) is 16.4 Å². The van der Waals surface area contributed by atoms with Crippen LogP contribution in [0.3, 0.4) is 0 Å². The van der Waals surface area contributed by atoms with Crippen LogP contribution in [0.2, 0.25) is 5.02 Å². The Bertz CT molecular complexity index is 778. The lowest BCUT2D eigenvalue weighted by Gasteiger charge is -2.04. The summed E-state index contributed by atoms with van der Waals surface area (Å²) < 4.78 is 2.75. The molecule has 0 saturated heterocycles. The number of amides is 1. The lowest BCUT2D eigenvalue weighted by atomic mass is 10.2. The molecule has 0 bridgehead atoms. The molecule has 0 atom stereocenters. The van der Waals surface area contributed by atoms with Crippen LogP contribution in [-0.2, 0) is 13.6 Å². The van der Waals surface area contributed by atoms with Crippen LogP contribution in [0.4, 0.5) is 0 Å². The van der Waals surface area contributed by atoms with Crippen molar-refractivity contribution >= 4 is 38.9 Å². The van der Waals surface area contributed by atoms with Crippen molar-refractivity contribution in [2.45, 2.75) is 6.54 Å². The van der Waals surface area contributed by atoms with Gasteiger partial charge in [-0.25, -0.2) is 0 Å². The zero-order valence-electron chi connectivity index (χ0n) is 10.8. The van der Waals surface area contributed by atoms with Crippen LogP contribution in [0, 0.1) is 0 Å². The van der Waals surface area contributed by atoms with Crippen molar-refractivity contribution in [1.82, 2.24) is 15.1 Å². The van der Waals surface area contributed by atoms with E-state index >= 15 is 0 Å². The second-order valence-corrected chi connectivity index (χ2v) is 5.80. The monoisotopic (exact) mass is 305 g/mol. The molecule has 0 aliphatic rings. The highest BCUT2D eigenvalue weighted by Gasteiger charge is 2.16. The molecule has 6 heteroatoms. The molecule has 0 saturated carbocycles. The van der Waals surface area contributed by atoms with Crippen molar-refractivity contribution in [3.8, 4) is 0 Å². The average molecular weight is 306 g/mol. The Hall–Kier alpha value is -1.85. The van der Waals surface area contributed by atoms with Crippen LogP contribution < -0.4 is 5.32 Å². The Balaban J connectivity index is 1.82. The molecule has 0 fully saturated rings. The first-order chi connectivity index (χ1) is 9.66. The molecule has 3 aromatic rings. The Morgan fingerprint density at radius 2 is 2.20 bits per heavy atom. The molecule has 0 unspecified atom stereocenters. The van der Waals surface area contributed by atoms with Gasteiger partial charge in [0.15, 0.2) is 0 Å². The molecule has 20 heavy (non-hydrogen) atoms. The maximum Gasteiger partial charge on any atom is 0.263 e. The fourth-order valence-corrected chi connectivity index (χ4v) is 3.42. The maximum atomic E-state index is 12.2. The zero-order valence-corrected chi connectivity index (χ0v) is 12.3. The van der Waals surface area contributed by atoms with Crippen LogP contribution in [0.5, 0.6) is 0 Å². The second kappa shape index (κ2) is 5.26. The van der Waals surface area contributed by atoms with Gasteiger partial charge in [0.25, 0.3) is 5.91 Å². The minimum Gasteiger partial charge on any atom is -0.346 e. The fourth-order valence-electron chi connectivity index (χ4n) is 1.99. The zero-order chi connectivity index (χ0) is 14.1. The van der Waals surface area contributed by atoms with Crippen LogP contribution in [0.15, 0.2) is 36.5 Å². The molecule has 2 aromatic heterocycles. The number of aromatic nitrogens is 2. The number of nitrogens with one attached hydrogen (secondary N) is 1. The van der Waals surface area contributed by atoms with Crippen molar-refractivity contribution in [3.63, 3.8) is 0 Å². The summed E-state index contributed by atoms with van der Waals surface area (Å²) >= 11 is 7.68. The molecule has 1 amide bonds. The summed E-state index contributed by atoms with van der Waals surface area (Å²) in [5.74, 6) is -0.155.